The van der Waals surface area contributed by atoms with Crippen molar-refractivity contribution in [2.24, 2.45) is 5.73 Å². The molecule has 0 unspecified atom stereocenters. The smallest absolute Gasteiger partial charge is 0.253 e. The summed E-state index contributed by atoms with van der Waals surface area (Å²) in [5.74, 6) is -0.319. The van der Waals surface area contributed by atoms with Gasteiger partial charge in [-0.25, -0.2) is 9.67 Å². The van der Waals surface area contributed by atoms with Crippen molar-refractivity contribution < 1.29 is 4.79 Å². The van der Waals surface area contributed by atoms with E-state index in [0.29, 0.717) is 33.4 Å². The number of nitrogens with one attached hydrogen (secondary N) is 2. The Morgan fingerprint density at radius 3 is 2.73 bits per heavy atom. The molecule has 3 aromatic heterocycles. The Labute approximate surface area is 192 Å². The molecule has 0 aliphatic rings. The molecule has 0 saturated carbocycles. The van der Waals surface area contributed by atoms with E-state index in [1.165, 1.54) is 6.20 Å². The van der Waals surface area contributed by atoms with Crippen molar-refractivity contribution in [3.63, 3.8) is 0 Å². The molecule has 3 heterocycles. The zero-order chi connectivity index (χ0) is 24.1. The van der Waals surface area contributed by atoms with Crippen LogP contribution in [0.5, 0.6) is 0 Å². The summed E-state index contributed by atoms with van der Waals surface area (Å²) in [6.45, 7) is 11.7. The summed E-state index contributed by atoms with van der Waals surface area (Å²) >= 11 is 0. The van der Waals surface area contributed by atoms with Crippen LogP contribution in [-0.2, 0) is 13.0 Å². The summed E-state index contributed by atoms with van der Waals surface area (Å²) in [5, 5.41) is 7.95. The summed E-state index contributed by atoms with van der Waals surface area (Å²) in [6.07, 6.45) is 8.90. The molecule has 0 aliphatic heterocycles. The van der Waals surface area contributed by atoms with Gasteiger partial charge in [-0.15, -0.1) is 0 Å². The monoisotopic (exact) mass is 446 g/mol. The number of fused-ring (bicyclic) bond motifs is 1. The van der Waals surface area contributed by atoms with Crippen molar-refractivity contribution in [1.82, 2.24) is 25.1 Å². The molecule has 172 valence electrons. The van der Waals surface area contributed by atoms with Gasteiger partial charge < -0.3 is 16.0 Å². The molecule has 0 aromatic carbocycles. The number of hydrogen-bond donors (Lipinski definition) is 3. The van der Waals surface area contributed by atoms with E-state index in [9.17, 15) is 9.59 Å². The normalized spacial score (nSPS) is 12.1. The standard InChI is InChI=1S/C25H30N6O2/c1-6-8-17(9-10-26)22-12-19(21-14-28-31(15(3)4)23(21)30-22)24(32)27-13-20-16(5)11-18(7-2)29-25(20)33/h6,8-12,14-15H,1,7,13,26H2,2-5H3,(H,27,32)(H,29,33)/b10-9-,17-8+. The number of amides is 1. The van der Waals surface area contributed by atoms with E-state index in [2.05, 4.69) is 22.0 Å². The number of nitrogens with zero attached hydrogens (tertiary/aromatic N) is 3. The molecule has 33 heavy (non-hydrogen) atoms. The SMILES string of the molecule is C=C/C=C(\C=C/N)c1cc(C(=O)NCc2c(C)cc(CC)[nH]c2=O)c2cnn(C(C)C)c2n1. The summed E-state index contributed by atoms with van der Waals surface area (Å²) < 4.78 is 1.77. The zero-order valence-corrected chi connectivity index (χ0v) is 19.5. The fraction of sp³-hybridized carbons (Fsp3) is 0.280. The largest absolute Gasteiger partial charge is 0.405 e. The lowest BCUT2D eigenvalue weighted by atomic mass is 10.1. The van der Waals surface area contributed by atoms with Crippen molar-refractivity contribution in [1.29, 1.82) is 0 Å². The van der Waals surface area contributed by atoms with Gasteiger partial charge in [0.25, 0.3) is 11.5 Å². The van der Waals surface area contributed by atoms with Crippen molar-refractivity contribution in [3.05, 3.63) is 87.8 Å². The van der Waals surface area contributed by atoms with Gasteiger partial charge in [0.05, 0.1) is 22.8 Å². The number of hydrogen-bond acceptors (Lipinski definition) is 5. The number of H-pyrrole nitrogens is 1. The zero-order valence-electron chi connectivity index (χ0n) is 19.5. The summed E-state index contributed by atoms with van der Waals surface area (Å²) in [6, 6.07) is 3.69. The number of allylic oxidation sites excluding steroid dienone is 4. The molecule has 8 nitrogen and oxygen atoms in total. The van der Waals surface area contributed by atoms with E-state index in [4.69, 9.17) is 10.7 Å². The Kier molecular flexibility index (Phi) is 7.27. The maximum atomic E-state index is 13.3. The Morgan fingerprint density at radius 1 is 1.36 bits per heavy atom. The number of carbonyl (C=O) groups is 1. The van der Waals surface area contributed by atoms with Gasteiger partial charge in [-0.2, -0.15) is 5.10 Å². The molecule has 0 atom stereocenters. The van der Waals surface area contributed by atoms with Crippen LogP contribution in [0.3, 0.4) is 0 Å². The third kappa shape index (κ3) is 4.95. The fourth-order valence-electron chi connectivity index (χ4n) is 3.65. The van der Waals surface area contributed by atoms with Gasteiger partial charge in [0.2, 0.25) is 0 Å². The first-order valence-corrected chi connectivity index (χ1v) is 10.9. The van der Waals surface area contributed by atoms with Crippen LogP contribution in [0.4, 0.5) is 0 Å². The molecule has 3 rings (SSSR count). The Hall–Kier alpha value is -3.94. The van der Waals surface area contributed by atoms with Gasteiger partial charge in [0.15, 0.2) is 5.65 Å². The summed E-state index contributed by atoms with van der Waals surface area (Å²) in [4.78, 5) is 33.4. The molecule has 3 aromatic rings. The maximum absolute atomic E-state index is 13.3. The second-order valence-corrected chi connectivity index (χ2v) is 8.01. The molecular formula is C25H30N6O2. The number of carbonyl (C=O) groups excluding carboxylic acids is 1. The van der Waals surface area contributed by atoms with Gasteiger partial charge in [-0.1, -0.05) is 25.7 Å². The Morgan fingerprint density at radius 2 is 2.12 bits per heavy atom. The van der Waals surface area contributed by atoms with Gasteiger partial charge in [-0.3, -0.25) is 9.59 Å². The van der Waals surface area contributed by atoms with E-state index >= 15 is 0 Å². The summed E-state index contributed by atoms with van der Waals surface area (Å²) in [7, 11) is 0. The van der Waals surface area contributed by atoms with Crippen LogP contribution < -0.4 is 16.6 Å². The maximum Gasteiger partial charge on any atom is 0.253 e. The van der Waals surface area contributed by atoms with Crippen molar-refractivity contribution in [2.75, 3.05) is 0 Å². The van der Waals surface area contributed by atoms with Gasteiger partial charge in [0, 0.05) is 29.4 Å². The number of aryl methyl sites for hydroxylation is 2. The van der Waals surface area contributed by atoms with E-state index in [1.807, 2.05) is 33.8 Å². The number of nitrogens with two attached hydrogens (primary N) is 1. The minimum Gasteiger partial charge on any atom is -0.405 e. The fourth-order valence-corrected chi connectivity index (χ4v) is 3.65. The highest BCUT2D eigenvalue weighted by Gasteiger charge is 2.19. The molecule has 0 saturated heterocycles. The predicted octanol–water partition coefficient (Wildman–Crippen LogP) is 3.54. The van der Waals surface area contributed by atoms with Crippen molar-refractivity contribution >= 4 is 22.5 Å². The lowest BCUT2D eigenvalue weighted by Gasteiger charge is -2.12. The van der Waals surface area contributed by atoms with Gasteiger partial charge in [0.1, 0.15) is 0 Å². The van der Waals surface area contributed by atoms with Crippen LogP contribution in [0.25, 0.3) is 16.6 Å². The van der Waals surface area contributed by atoms with Crippen LogP contribution in [0.15, 0.2) is 54.1 Å². The van der Waals surface area contributed by atoms with E-state index in [1.54, 1.807) is 35.2 Å². The number of aromatic amines is 1. The Balaban J connectivity index is 2.06. The first-order valence-electron chi connectivity index (χ1n) is 10.9. The third-order valence-corrected chi connectivity index (χ3v) is 5.39. The molecule has 0 fully saturated rings. The first kappa shape index (κ1) is 23.7. The second kappa shape index (κ2) is 10.1. The van der Waals surface area contributed by atoms with Crippen LogP contribution >= 0.6 is 0 Å². The molecule has 1 amide bonds. The van der Waals surface area contributed by atoms with Crippen molar-refractivity contribution in [2.45, 2.75) is 46.7 Å². The number of aromatic nitrogens is 4. The van der Waals surface area contributed by atoms with Crippen molar-refractivity contribution in [3.8, 4) is 0 Å². The highest BCUT2D eigenvalue weighted by atomic mass is 16.1. The van der Waals surface area contributed by atoms with Crippen LogP contribution in [-0.4, -0.2) is 25.7 Å². The molecule has 0 bridgehead atoms. The van der Waals surface area contributed by atoms with Gasteiger partial charge >= 0.3 is 0 Å². The molecule has 8 heteroatoms. The molecule has 0 spiro atoms. The molecular weight excluding hydrogens is 416 g/mol. The first-order chi connectivity index (χ1) is 15.8. The molecule has 0 radical (unpaired) electrons. The van der Waals surface area contributed by atoms with Crippen LogP contribution in [0.2, 0.25) is 0 Å². The second-order valence-electron chi connectivity index (χ2n) is 8.01. The number of rotatable bonds is 8. The van der Waals surface area contributed by atoms with Crippen LogP contribution in [0, 0.1) is 6.92 Å². The van der Waals surface area contributed by atoms with E-state index in [0.717, 1.165) is 17.7 Å². The average Bonchev–Trinajstić information content (AvgIpc) is 3.21. The van der Waals surface area contributed by atoms with E-state index in [-0.39, 0.29) is 24.1 Å². The topological polar surface area (TPSA) is 119 Å². The quantitative estimate of drug-likeness (QED) is 0.457. The predicted molar refractivity (Wildman–Crippen MR) is 132 cm³/mol. The summed E-state index contributed by atoms with van der Waals surface area (Å²) in [5.41, 5.74) is 9.95. The van der Waals surface area contributed by atoms with Crippen LogP contribution in [0.1, 0.15) is 59.7 Å². The molecule has 4 N–H and O–H groups in total. The minimum atomic E-state index is -0.319. The minimum absolute atomic E-state index is 0.0522. The lowest BCUT2D eigenvalue weighted by molar-refractivity contribution is 0.0952. The average molecular weight is 447 g/mol. The number of pyridine rings is 2. The third-order valence-electron chi connectivity index (χ3n) is 5.39. The Bertz CT molecular complexity index is 1310. The molecule has 0 aliphatic carbocycles. The van der Waals surface area contributed by atoms with E-state index < -0.39 is 0 Å². The highest BCUT2D eigenvalue weighted by Crippen LogP contribution is 2.25. The van der Waals surface area contributed by atoms with Gasteiger partial charge in [-0.05, 0) is 57.2 Å². The lowest BCUT2D eigenvalue weighted by Crippen LogP contribution is -2.28. The highest BCUT2D eigenvalue weighted by molar-refractivity contribution is 6.06.